The maximum Gasteiger partial charge on any atom is 0.408 e. The summed E-state index contributed by atoms with van der Waals surface area (Å²) in [6, 6.07) is 30.0. The molecule has 4 aromatic carbocycles. The van der Waals surface area contributed by atoms with E-state index in [2.05, 4.69) is 5.32 Å². The molecule has 0 unspecified atom stereocenters. The summed E-state index contributed by atoms with van der Waals surface area (Å²) in [5, 5.41) is 3.38. The van der Waals surface area contributed by atoms with Gasteiger partial charge in [0.1, 0.15) is 17.9 Å². The van der Waals surface area contributed by atoms with Crippen molar-refractivity contribution in [3.63, 3.8) is 0 Å². The first-order valence-electron chi connectivity index (χ1n) is 13.2. The second kappa shape index (κ2) is 12.3. The number of benzene rings is 4. The highest BCUT2D eigenvalue weighted by molar-refractivity contribution is 5.88. The number of alkyl carbamates (subject to hydrolysis) is 1. The lowest BCUT2D eigenvalue weighted by Gasteiger charge is -2.19. The Labute approximate surface area is 237 Å². The minimum atomic E-state index is -1.13. The summed E-state index contributed by atoms with van der Waals surface area (Å²) < 4.78 is 16.8. The molecule has 1 amide bonds. The van der Waals surface area contributed by atoms with Crippen LogP contribution in [-0.2, 0) is 22.6 Å². The van der Waals surface area contributed by atoms with Crippen LogP contribution in [0.5, 0.6) is 5.75 Å². The van der Waals surface area contributed by atoms with E-state index in [1.54, 1.807) is 43.3 Å². The van der Waals surface area contributed by atoms with E-state index >= 15 is 0 Å². The Morgan fingerprint density at radius 2 is 1.39 bits per heavy atom. The topological polar surface area (TPSA) is 94.8 Å². The smallest absolute Gasteiger partial charge is 0.408 e. The summed E-state index contributed by atoms with van der Waals surface area (Å²) in [7, 11) is 0. The Morgan fingerprint density at radius 3 is 2.05 bits per heavy atom. The number of hydrogen-bond donors (Lipinski definition) is 1. The number of aryl methyl sites for hydroxylation is 2. The van der Waals surface area contributed by atoms with Crippen LogP contribution >= 0.6 is 0 Å². The first-order chi connectivity index (χ1) is 19.9. The maximum absolute atomic E-state index is 13.4. The zero-order valence-electron chi connectivity index (χ0n) is 22.8. The van der Waals surface area contributed by atoms with Crippen LogP contribution in [0.25, 0.3) is 11.0 Å². The molecule has 0 radical (unpaired) electrons. The molecule has 7 nitrogen and oxygen atoms in total. The van der Waals surface area contributed by atoms with Crippen LogP contribution in [0.1, 0.15) is 39.4 Å². The second-order valence-corrected chi connectivity index (χ2v) is 9.69. The van der Waals surface area contributed by atoms with Crippen molar-refractivity contribution in [2.24, 2.45) is 0 Å². The molecule has 7 heteroatoms. The van der Waals surface area contributed by atoms with Crippen LogP contribution in [0.15, 0.2) is 112 Å². The molecule has 0 aliphatic carbocycles. The molecule has 0 aliphatic heterocycles. The molecular weight excluding hydrogens is 518 g/mol. The molecule has 1 aromatic heterocycles. The Hall–Kier alpha value is -5.17. The van der Waals surface area contributed by atoms with Crippen LogP contribution in [0.2, 0.25) is 0 Å². The second-order valence-electron chi connectivity index (χ2n) is 9.69. The van der Waals surface area contributed by atoms with Gasteiger partial charge in [0, 0.05) is 22.9 Å². The molecular formula is C34H29NO6. The van der Waals surface area contributed by atoms with Gasteiger partial charge in [-0.25, -0.2) is 14.4 Å². The molecule has 1 atom stereocenters. The summed E-state index contributed by atoms with van der Waals surface area (Å²) in [5.41, 5.74) is 4.15. The van der Waals surface area contributed by atoms with Crippen molar-refractivity contribution in [3.05, 3.63) is 147 Å². The van der Waals surface area contributed by atoms with Gasteiger partial charge in [0.2, 0.25) is 0 Å². The van der Waals surface area contributed by atoms with E-state index in [1.807, 2.05) is 73.7 Å². The van der Waals surface area contributed by atoms with Gasteiger partial charge in [0.05, 0.1) is 0 Å². The largest absolute Gasteiger partial charge is 0.445 e. The van der Waals surface area contributed by atoms with Crippen molar-refractivity contribution in [1.29, 1.82) is 0 Å². The van der Waals surface area contributed by atoms with Gasteiger partial charge in [0.25, 0.3) is 0 Å². The van der Waals surface area contributed by atoms with E-state index in [1.165, 1.54) is 0 Å². The van der Waals surface area contributed by atoms with Crippen LogP contribution < -0.4 is 15.7 Å². The summed E-state index contributed by atoms with van der Waals surface area (Å²) in [6.07, 6.45) is -0.312. The van der Waals surface area contributed by atoms with Crippen LogP contribution in [0, 0.1) is 13.8 Å². The fraction of sp³-hybridized carbons (Fsp3) is 0.147. The summed E-state index contributed by atoms with van der Waals surface area (Å²) in [6.45, 7) is 3.67. The van der Waals surface area contributed by atoms with Gasteiger partial charge < -0.3 is 19.2 Å². The Bertz CT molecular complexity index is 1730. The SMILES string of the molecule is Cc1c(Cc2ccccc2)c(=O)oc2c(C)c(OC(=O)[C@H](NC(=O)OCc3ccccc3)c3ccccc3)ccc12. The Morgan fingerprint density at radius 1 is 0.780 bits per heavy atom. The molecule has 0 saturated carbocycles. The molecule has 1 N–H and O–H groups in total. The monoisotopic (exact) mass is 547 g/mol. The molecule has 0 spiro atoms. The van der Waals surface area contributed by atoms with Gasteiger partial charge in [-0.05, 0) is 48.2 Å². The summed E-state index contributed by atoms with van der Waals surface area (Å²) >= 11 is 0. The number of carbonyl (C=O) groups is 2. The van der Waals surface area contributed by atoms with E-state index in [0.29, 0.717) is 28.7 Å². The highest BCUT2D eigenvalue weighted by Gasteiger charge is 2.27. The number of rotatable bonds is 8. The van der Waals surface area contributed by atoms with E-state index < -0.39 is 23.7 Å². The molecule has 0 fully saturated rings. The molecule has 5 aromatic rings. The number of carbonyl (C=O) groups excluding carboxylic acids is 2. The molecule has 0 bridgehead atoms. The molecule has 41 heavy (non-hydrogen) atoms. The van der Waals surface area contributed by atoms with E-state index in [0.717, 1.165) is 22.1 Å². The highest BCUT2D eigenvalue weighted by atomic mass is 16.6. The third-order valence-corrected chi connectivity index (χ3v) is 6.93. The average Bonchev–Trinajstić information content (AvgIpc) is 3.00. The quantitative estimate of drug-likeness (QED) is 0.134. The van der Waals surface area contributed by atoms with Gasteiger partial charge in [-0.3, -0.25) is 0 Å². The molecule has 0 aliphatic rings. The molecule has 0 saturated heterocycles. The van der Waals surface area contributed by atoms with Crippen molar-refractivity contribution in [3.8, 4) is 5.75 Å². The third kappa shape index (κ3) is 6.36. The van der Waals surface area contributed by atoms with Gasteiger partial charge in [-0.15, -0.1) is 0 Å². The first-order valence-corrected chi connectivity index (χ1v) is 13.2. The molecule has 1 heterocycles. The zero-order chi connectivity index (χ0) is 28.8. The lowest BCUT2D eigenvalue weighted by Crippen LogP contribution is -2.36. The van der Waals surface area contributed by atoms with Crippen molar-refractivity contribution < 1.29 is 23.5 Å². The van der Waals surface area contributed by atoms with Crippen molar-refractivity contribution in [2.45, 2.75) is 32.9 Å². The lowest BCUT2D eigenvalue weighted by molar-refractivity contribution is -0.136. The first kappa shape index (κ1) is 27.4. The van der Waals surface area contributed by atoms with Crippen molar-refractivity contribution in [2.75, 3.05) is 0 Å². The predicted molar refractivity (Wildman–Crippen MR) is 156 cm³/mol. The van der Waals surface area contributed by atoms with Crippen LogP contribution in [-0.4, -0.2) is 12.1 Å². The van der Waals surface area contributed by atoms with E-state index in [-0.39, 0.29) is 12.4 Å². The minimum absolute atomic E-state index is 0.0532. The highest BCUT2D eigenvalue weighted by Crippen LogP contribution is 2.31. The minimum Gasteiger partial charge on any atom is -0.445 e. The maximum atomic E-state index is 13.4. The van der Waals surface area contributed by atoms with Crippen molar-refractivity contribution in [1.82, 2.24) is 5.32 Å². The number of fused-ring (bicyclic) bond motifs is 1. The number of amides is 1. The summed E-state index contributed by atoms with van der Waals surface area (Å²) in [4.78, 5) is 39.1. The zero-order valence-corrected chi connectivity index (χ0v) is 22.8. The number of nitrogens with one attached hydrogen (secondary N) is 1. The predicted octanol–water partition coefficient (Wildman–Crippen LogP) is 6.57. The average molecular weight is 548 g/mol. The molecule has 206 valence electrons. The van der Waals surface area contributed by atoms with E-state index in [9.17, 15) is 14.4 Å². The van der Waals surface area contributed by atoms with Crippen molar-refractivity contribution >= 4 is 23.0 Å². The van der Waals surface area contributed by atoms with Gasteiger partial charge in [-0.1, -0.05) is 91.0 Å². The normalized spacial score (nSPS) is 11.6. The van der Waals surface area contributed by atoms with E-state index in [4.69, 9.17) is 13.9 Å². The van der Waals surface area contributed by atoms with Crippen LogP contribution in [0.3, 0.4) is 0 Å². The fourth-order valence-electron chi connectivity index (χ4n) is 4.66. The number of hydrogen-bond acceptors (Lipinski definition) is 6. The number of ether oxygens (including phenoxy) is 2. The summed E-state index contributed by atoms with van der Waals surface area (Å²) in [5.74, 6) is -0.490. The Kier molecular flexibility index (Phi) is 8.25. The van der Waals surface area contributed by atoms with Crippen LogP contribution in [0.4, 0.5) is 4.79 Å². The Balaban J connectivity index is 1.38. The van der Waals surface area contributed by atoms with Gasteiger partial charge in [0.15, 0.2) is 6.04 Å². The molecule has 5 rings (SSSR count). The number of esters is 1. The lowest BCUT2D eigenvalue weighted by atomic mass is 9.98. The van der Waals surface area contributed by atoms with Gasteiger partial charge in [-0.2, -0.15) is 0 Å². The third-order valence-electron chi connectivity index (χ3n) is 6.93. The fourth-order valence-corrected chi connectivity index (χ4v) is 4.66. The standard InChI is InChI=1S/C34H29NO6/c1-22-27-18-19-29(23(2)31(27)41-32(36)28(22)20-24-12-6-3-7-13-24)40-33(37)30(26-16-10-5-11-17-26)35-34(38)39-21-25-14-8-4-9-15-25/h3-19,30H,20-21H2,1-2H3,(H,35,38)/t30-/m1/s1. The van der Waals surface area contributed by atoms with Gasteiger partial charge >= 0.3 is 17.7 Å².